The van der Waals surface area contributed by atoms with Crippen molar-refractivity contribution in [2.75, 3.05) is 5.32 Å². The number of aromatic nitrogens is 3. The average molecular weight is 477 g/mol. The molecule has 0 aliphatic heterocycles. The Balaban J connectivity index is 0.000000168. The summed E-state index contributed by atoms with van der Waals surface area (Å²) in [5, 5.41) is 2.60. The van der Waals surface area contributed by atoms with E-state index in [-0.39, 0.29) is 0 Å². The van der Waals surface area contributed by atoms with Crippen LogP contribution in [0.3, 0.4) is 0 Å². The molecule has 5 rings (SSSR count). The molecule has 0 spiro atoms. The van der Waals surface area contributed by atoms with Gasteiger partial charge >= 0.3 is 0 Å². The van der Waals surface area contributed by atoms with Crippen molar-refractivity contribution in [2.24, 2.45) is 11.8 Å². The number of carbonyl (C=O) groups excluding carboxylic acids is 1. The van der Waals surface area contributed by atoms with Crippen molar-refractivity contribution in [3.63, 3.8) is 0 Å². The molecule has 2 aromatic heterocycles. The zero-order valence-electron chi connectivity index (χ0n) is 20.2. The van der Waals surface area contributed by atoms with Crippen LogP contribution < -0.4 is 5.32 Å². The van der Waals surface area contributed by atoms with E-state index in [1.54, 1.807) is 6.33 Å². The van der Waals surface area contributed by atoms with Crippen LogP contribution in [-0.2, 0) is 4.79 Å². The van der Waals surface area contributed by atoms with Crippen LogP contribution in [0, 0.1) is 30.4 Å². The number of halogens is 2. The van der Waals surface area contributed by atoms with E-state index < -0.39 is 11.6 Å². The second-order valence-electron chi connectivity index (χ2n) is 9.21. The highest BCUT2D eigenvalue weighted by molar-refractivity contribution is 5.75. The summed E-state index contributed by atoms with van der Waals surface area (Å²) in [7, 11) is 0. The number of amides is 1. The fourth-order valence-corrected chi connectivity index (χ4v) is 4.87. The zero-order valence-corrected chi connectivity index (χ0v) is 20.2. The van der Waals surface area contributed by atoms with Gasteiger partial charge in [-0.3, -0.25) is 9.78 Å². The van der Waals surface area contributed by atoms with Crippen molar-refractivity contribution in [3.8, 4) is 11.1 Å². The Labute approximate surface area is 204 Å². The molecular formula is C28H30F2N4O. The molecule has 0 saturated heterocycles. The Morgan fingerprint density at radius 3 is 2.37 bits per heavy atom. The van der Waals surface area contributed by atoms with Crippen LogP contribution in [-0.4, -0.2) is 20.9 Å². The van der Waals surface area contributed by atoms with Gasteiger partial charge in [-0.15, -0.1) is 0 Å². The van der Waals surface area contributed by atoms with E-state index in [2.05, 4.69) is 29.1 Å². The molecule has 3 unspecified atom stereocenters. The highest BCUT2D eigenvalue weighted by Gasteiger charge is 2.31. The number of nitrogens with one attached hydrogen (secondary N) is 1. The molecule has 35 heavy (non-hydrogen) atoms. The minimum absolute atomic E-state index is 0.356. The van der Waals surface area contributed by atoms with Gasteiger partial charge in [0.2, 0.25) is 6.41 Å². The lowest BCUT2D eigenvalue weighted by molar-refractivity contribution is -0.105. The Kier molecular flexibility index (Phi) is 7.54. The van der Waals surface area contributed by atoms with Gasteiger partial charge < -0.3 is 9.88 Å². The third kappa shape index (κ3) is 5.56. The highest BCUT2D eigenvalue weighted by Crippen LogP contribution is 2.42. The Hall–Kier alpha value is -3.61. The van der Waals surface area contributed by atoms with Gasteiger partial charge in [0.15, 0.2) is 11.6 Å². The van der Waals surface area contributed by atoms with Gasteiger partial charge in [-0.05, 0) is 55.4 Å². The van der Waals surface area contributed by atoms with Crippen molar-refractivity contribution in [3.05, 3.63) is 78.4 Å². The van der Waals surface area contributed by atoms with E-state index >= 15 is 0 Å². The maximum atomic E-state index is 13.4. The summed E-state index contributed by atoms with van der Waals surface area (Å²) in [5.41, 5.74) is 5.19. The first-order valence-electron chi connectivity index (χ1n) is 11.9. The number of aryl methyl sites for hydroxylation is 1. The molecule has 1 N–H and O–H groups in total. The average Bonchev–Trinajstić information content (AvgIpc) is 3.43. The summed E-state index contributed by atoms with van der Waals surface area (Å²) in [4.78, 5) is 18.7. The van der Waals surface area contributed by atoms with Gasteiger partial charge in [0.05, 0.1) is 17.4 Å². The standard InChI is InChI=1S/C15H18F2N2.C13H12N2O/c1-3-10-5-11(4-9(10)2)19-8-18-14-6-12(16)13(17)7-15(14)19;1-10-2-3-12(8-14-10)11-4-6-13(7-5-11)15-9-16/h6-11H,3-5H2,1-2H3;2-9H,1H3,(H,15,16). The lowest BCUT2D eigenvalue weighted by Crippen LogP contribution is -2.04. The zero-order chi connectivity index (χ0) is 24.9. The quantitative estimate of drug-likeness (QED) is 0.318. The van der Waals surface area contributed by atoms with Crippen LogP contribution in [0.15, 0.2) is 61.1 Å². The molecular weight excluding hydrogens is 446 g/mol. The summed E-state index contributed by atoms with van der Waals surface area (Å²) in [5.74, 6) is -0.234. The topological polar surface area (TPSA) is 59.8 Å². The second-order valence-corrected chi connectivity index (χ2v) is 9.21. The fourth-order valence-electron chi connectivity index (χ4n) is 4.87. The predicted octanol–water partition coefficient (Wildman–Crippen LogP) is 6.94. The first-order valence-corrected chi connectivity index (χ1v) is 11.9. The van der Waals surface area contributed by atoms with Crippen molar-refractivity contribution >= 4 is 23.1 Å². The molecule has 182 valence electrons. The van der Waals surface area contributed by atoms with Crippen LogP contribution in [0.5, 0.6) is 0 Å². The normalized spacial score (nSPS) is 19.3. The maximum Gasteiger partial charge on any atom is 0.211 e. The van der Waals surface area contributed by atoms with Crippen molar-refractivity contribution < 1.29 is 13.6 Å². The molecule has 1 aliphatic carbocycles. The number of rotatable bonds is 5. The molecule has 2 aromatic carbocycles. The summed E-state index contributed by atoms with van der Waals surface area (Å²) < 4.78 is 28.6. The summed E-state index contributed by atoms with van der Waals surface area (Å²) in [6, 6.07) is 14.5. The third-order valence-electron chi connectivity index (χ3n) is 6.91. The van der Waals surface area contributed by atoms with Gasteiger partial charge in [-0.1, -0.05) is 38.5 Å². The fraction of sp³-hybridized carbons (Fsp3) is 0.321. The number of anilines is 1. The predicted molar refractivity (Wildman–Crippen MR) is 135 cm³/mol. The first-order chi connectivity index (χ1) is 16.9. The summed E-state index contributed by atoms with van der Waals surface area (Å²) in [6.07, 6.45) is 7.59. The van der Waals surface area contributed by atoms with Crippen molar-refractivity contribution in [2.45, 2.75) is 46.1 Å². The minimum atomic E-state index is -0.830. The SMILES string of the molecule is CCC1CC(n2cnc3cc(F)c(F)cc32)CC1C.Cc1ccc(-c2ccc(NC=O)cc2)cn1. The van der Waals surface area contributed by atoms with Crippen LogP contribution in [0.1, 0.15) is 44.8 Å². The molecule has 1 fully saturated rings. The van der Waals surface area contributed by atoms with E-state index in [0.717, 1.165) is 35.3 Å². The molecule has 2 heterocycles. The van der Waals surface area contributed by atoms with E-state index in [1.165, 1.54) is 18.6 Å². The summed E-state index contributed by atoms with van der Waals surface area (Å²) in [6.45, 7) is 6.44. The van der Waals surface area contributed by atoms with Gasteiger partial charge in [-0.2, -0.15) is 0 Å². The molecule has 1 aliphatic rings. The van der Waals surface area contributed by atoms with E-state index in [1.807, 2.05) is 54.1 Å². The number of hydrogen-bond acceptors (Lipinski definition) is 3. The van der Waals surface area contributed by atoms with Gasteiger partial charge in [-0.25, -0.2) is 13.8 Å². The number of fused-ring (bicyclic) bond motifs is 1. The third-order valence-corrected chi connectivity index (χ3v) is 6.91. The number of carbonyl (C=O) groups is 1. The van der Waals surface area contributed by atoms with Crippen molar-refractivity contribution in [1.82, 2.24) is 14.5 Å². The Morgan fingerprint density at radius 2 is 1.74 bits per heavy atom. The van der Waals surface area contributed by atoms with Crippen LogP contribution in [0.25, 0.3) is 22.2 Å². The minimum Gasteiger partial charge on any atom is -0.329 e. The van der Waals surface area contributed by atoms with Crippen LogP contribution >= 0.6 is 0 Å². The molecule has 5 nitrogen and oxygen atoms in total. The molecule has 1 amide bonds. The van der Waals surface area contributed by atoms with Crippen LogP contribution in [0.2, 0.25) is 0 Å². The lowest BCUT2D eigenvalue weighted by Gasteiger charge is -2.13. The molecule has 3 atom stereocenters. The molecule has 0 radical (unpaired) electrons. The first kappa shape index (κ1) is 24.5. The maximum absolute atomic E-state index is 13.4. The Morgan fingerprint density at radius 1 is 1.03 bits per heavy atom. The molecule has 4 aromatic rings. The van der Waals surface area contributed by atoms with E-state index in [0.29, 0.717) is 35.3 Å². The second kappa shape index (κ2) is 10.8. The summed E-state index contributed by atoms with van der Waals surface area (Å²) >= 11 is 0. The molecule has 7 heteroatoms. The number of hydrogen-bond donors (Lipinski definition) is 1. The number of benzene rings is 2. The Bertz CT molecular complexity index is 1290. The lowest BCUT2D eigenvalue weighted by atomic mass is 9.96. The highest BCUT2D eigenvalue weighted by atomic mass is 19.2. The van der Waals surface area contributed by atoms with Gasteiger partial charge in [0.25, 0.3) is 0 Å². The monoisotopic (exact) mass is 476 g/mol. The smallest absolute Gasteiger partial charge is 0.211 e. The van der Waals surface area contributed by atoms with Gasteiger partial charge in [0.1, 0.15) is 0 Å². The number of pyridine rings is 1. The number of nitrogens with zero attached hydrogens (tertiary/aromatic N) is 3. The molecule has 0 bridgehead atoms. The van der Waals surface area contributed by atoms with Crippen LogP contribution in [0.4, 0.5) is 14.5 Å². The molecule has 1 saturated carbocycles. The van der Waals surface area contributed by atoms with E-state index in [4.69, 9.17) is 0 Å². The van der Waals surface area contributed by atoms with Gasteiger partial charge in [0, 0.05) is 41.3 Å². The number of imidazole rings is 1. The van der Waals surface area contributed by atoms with E-state index in [9.17, 15) is 13.6 Å². The van der Waals surface area contributed by atoms with Crippen molar-refractivity contribution in [1.29, 1.82) is 0 Å². The largest absolute Gasteiger partial charge is 0.329 e.